The molecular formula is C19H20O7. The molecule has 0 aliphatic carbocycles. The molecule has 0 N–H and O–H groups in total. The Morgan fingerprint density at radius 2 is 1.81 bits per heavy atom. The first-order valence-corrected chi connectivity index (χ1v) is 7.73. The van der Waals surface area contributed by atoms with Crippen molar-refractivity contribution in [2.24, 2.45) is 0 Å². The quantitative estimate of drug-likeness (QED) is 0.554. The topological polar surface area (TPSA) is 84.2 Å². The maximum Gasteiger partial charge on any atom is 0.374 e. The van der Waals surface area contributed by atoms with Crippen LogP contribution in [-0.2, 0) is 20.9 Å². The third kappa shape index (κ3) is 4.66. The largest absolute Gasteiger partial charge is 0.493 e. The first kappa shape index (κ1) is 19.1. The van der Waals surface area contributed by atoms with Gasteiger partial charge in [-0.25, -0.2) is 9.59 Å². The third-order valence-electron chi connectivity index (χ3n) is 3.52. The maximum absolute atomic E-state index is 11.9. The molecule has 0 saturated heterocycles. The number of methoxy groups -OCH3 is 3. The molecule has 0 saturated carbocycles. The SMILES string of the molecule is COC(=O)c1oc(COC(=O)/C=C/c2ccc(OC)c(OC)c2)cc1C. The lowest BCUT2D eigenvalue weighted by Gasteiger charge is -2.07. The fraction of sp³-hybridized carbons (Fsp3) is 0.263. The molecule has 0 spiro atoms. The molecule has 138 valence electrons. The molecule has 2 rings (SSSR count). The van der Waals surface area contributed by atoms with Crippen LogP contribution >= 0.6 is 0 Å². The van der Waals surface area contributed by atoms with Crippen LogP contribution in [0.3, 0.4) is 0 Å². The van der Waals surface area contributed by atoms with Crippen LogP contribution in [0, 0.1) is 6.92 Å². The minimum absolute atomic E-state index is 0.0903. The summed E-state index contributed by atoms with van der Waals surface area (Å²) in [4.78, 5) is 23.3. The molecule has 0 bridgehead atoms. The monoisotopic (exact) mass is 360 g/mol. The van der Waals surface area contributed by atoms with Crippen molar-refractivity contribution in [1.82, 2.24) is 0 Å². The molecule has 2 aromatic rings. The van der Waals surface area contributed by atoms with Gasteiger partial charge in [-0.05, 0) is 36.8 Å². The fourth-order valence-electron chi connectivity index (χ4n) is 2.23. The number of rotatable bonds is 7. The van der Waals surface area contributed by atoms with Crippen LogP contribution in [0.5, 0.6) is 11.5 Å². The van der Waals surface area contributed by atoms with Gasteiger partial charge in [0.1, 0.15) is 12.4 Å². The fourth-order valence-corrected chi connectivity index (χ4v) is 2.23. The second kappa shape index (κ2) is 8.75. The maximum atomic E-state index is 11.9. The van der Waals surface area contributed by atoms with Crippen molar-refractivity contribution >= 4 is 18.0 Å². The minimum Gasteiger partial charge on any atom is -0.493 e. The van der Waals surface area contributed by atoms with Crippen LogP contribution in [0.1, 0.15) is 27.4 Å². The van der Waals surface area contributed by atoms with Crippen LogP contribution in [0.15, 0.2) is 34.8 Å². The lowest BCUT2D eigenvalue weighted by Crippen LogP contribution is -2.01. The lowest BCUT2D eigenvalue weighted by molar-refractivity contribution is -0.139. The van der Waals surface area contributed by atoms with Gasteiger partial charge >= 0.3 is 11.9 Å². The molecule has 1 heterocycles. The summed E-state index contributed by atoms with van der Waals surface area (Å²) >= 11 is 0. The molecule has 0 aliphatic heterocycles. The molecule has 1 aromatic heterocycles. The highest BCUT2D eigenvalue weighted by Crippen LogP contribution is 2.28. The highest BCUT2D eigenvalue weighted by molar-refractivity contribution is 5.88. The van der Waals surface area contributed by atoms with Crippen molar-refractivity contribution in [3.05, 3.63) is 53.0 Å². The van der Waals surface area contributed by atoms with E-state index in [0.29, 0.717) is 22.8 Å². The number of hydrogen-bond acceptors (Lipinski definition) is 7. The Kier molecular flexibility index (Phi) is 6.43. The Balaban J connectivity index is 1.97. The molecule has 7 heteroatoms. The van der Waals surface area contributed by atoms with Crippen molar-refractivity contribution in [3.8, 4) is 11.5 Å². The summed E-state index contributed by atoms with van der Waals surface area (Å²) in [5.74, 6) is 0.489. The van der Waals surface area contributed by atoms with Gasteiger partial charge in [0.15, 0.2) is 11.5 Å². The number of ether oxygens (including phenoxy) is 4. The molecule has 0 fully saturated rings. The van der Waals surface area contributed by atoms with Crippen LogP contribution in [-0.4, -0.2) is 33.3 Å². The van der Waals surface area contributed by atoms with Gasteiger partial charge in [-0.15, -0.1) is 0 Å². The number of carbonyl (C=O) groups excluding carboxylic acids is 2. The van der Waals surface area contributed by atoms with Crippen molar-refractivity contribution in [3.63, 3.8) is 0 Å². The minimum atomic E-state index is -0.576. The molecular weight excluding hydrogens is 340 g/mol. The van der Waals surface area contributed by atoms with E-state index in [2.05, 4.69) is 4.74 Å². The van der Waals surface area contributed by atoms with Crippen LogP contribution < -0.4 is 9.47 Å². The van der Waals surface area contributed by atoms with Crippen LogP contribution in [0.4, 0.5) is 0 Å². The van der Waals surface area contributed by atoms with E-state index in [1.807, 2.05) is 0 Å². The van der Waals surface area contributed by atoms with Crippen LogP contribution in [0.2, 0.25) is 0 Å². The summed E-state index contributed by atoms with van der Waals surface area (Å²) in [6, 6.07) is 6.88. The van der Waals surface area contributed by atoms with E-state index in [0.717, 1.165) is 5.56 Å². The number of benzene rings is 1. The summed E-state index contributed by atoms with van der Waals surface area (Å²) in [5, 5.41) is 0. The summed E-state index contributed by atoms with van der Waals surface area (Å²) < 4.78 is 25.4. The van der Waals surface area contributed by atoms with Gasteiger partial charge in [-0.2, -0.15) is 0 Å². The van der Waals surface area contributed by atoms with Crippen molar-refractivity contribution in [2.45, 2.75) is 13.5 Å². The predicted octanol–water partition coefficient (Wildman–Crippen LogP) is 3.15. The van der Waals surface area contributed by atoms with Gasteiger partial charge in [0, 0.05) is 11.6 Å². The Bertz CT molecular complexity index is 817. The average Bonchev–Trinajstić information content (AvgIpc) is 3.04. The van der Waals surface area contributed by atoms with E-state index in [9.17, 15) is 9.59 Å². The van der Waals surface area contributed by atoms with Gasteiger partial charge in [0.05, 0.1) is 21.3 Å². The zero-order chi connectivity index (χ0) is 19.1. The molecule has 0 unspecified atom stereocenters. The van der Waals surface area contributed by atoms with Gasteiger partial charge in [-0.1, -0.05) is 6.07 Å². The standard InChI is InChI=1S/C19H20O7/c1-12-9-14(26-18(12)19(21)24-4)11-25-17(20)8-6-13-5-7-15(22-2)16(10-13)23-3/h5-10H,11H2,1-4H3/b8-6+. The summed E-state index contributed by atoms with van der Waals surface area (Å²) in [7, 11) is 4.35. The van der Waals surface area contributed by atoms with E-state index in [4.69, 9.17) is 18.6 Å². The third-order valence-corrected chi connectivity index (χ3v) is 3.52. The van der Waals surface area contributed by atoms with Crippen LogP contribution in [0.25, 0.3) is 6.08 Å². The summed E-state index contributed by atoms with van der Waals surface area (Å²) in [6.07, 6.45) is 2.88. The second-order valence-corrected chi connectivity index (χ2v) is 5.27. The highest BCUT2D eigenvalue weighted by atomic mass is 16.6. The zero-order valence-electron chi connectivity index (χ0n) is 15.0. The van der Waals surface area contributed by atoms with Gasteiger partial charge < -0.3 is 23.4 Å². The number of esters is 2. The van der Waals surface area contributed by atoms with E-state index in [-0.39, 0.29) is 12.4 Å². The van der Waals surface area contributed by atoms with E-state index >= 15 is 0 Å². The number of hydrogen-bond donors (Lipinski definition) is 0. The smallest absolute Gasteiger partial charge is 0.374 e. The summed E-state index contributed by atoms with van der Waals surface area (Å²) in [6.45, 7) is 1.62. The molecule has 7 nitrogen and oxygen atoms in total. The first-order valence-electron chi connectivity index (χ1n) is 7.73. The predicted molar refractivity (Wildman–Crippen MR) is 93.2 cm³/mol. The Hall–Kier alpha value is -3.22. The number of aryl methyl sites for hydroxylation is 1. The average molecular weight is 360 g/mol. The summed E-state index contributed by atoms with van der Waals surface area (Å²) in [5.41, 5.74) is 1.37. The van der Waals surface area contributed by atoms with Gasteiger partial charge in [0.25, 0.3) is 0 Å². The molecule has 26 heavy (non-hydrogen) atoms. The normalized spacial score (nSPS) is 10.6. The number of furan rings is 1. The molecule has 0 atom stereocenters. The lowest BCUT2D eigenvalue weighted by atomic mass is 10.2. The van der Waals surface area contributed by atoms with Crippen molar-refractivity contribution in [2.75, 3.05) is 21.3 Å². The molecule has 0 aliphatic rings. The molecule has 0 amide bonds. The first-order chi connectivity index (χ1) is 12.5. The Labute approximate surface area is 151 Å². The van der Waals surface area contributed by atoms with E-state index in [1.54, 1.807) is 44.4 Å². The zero-order valence-corrected chi connectivity index (χ0v) is 15.0. The molecule has 1 aromatic carbocycles. The molecule has 0 radical (unpaired) electrons. The highest BCUT2D eigenvalue weighted by Gasteiger charge is 2.16. The van der Waals surface area contributed by atoms with Gasteiger partial charge in [0.2, 0.25) is 5.76 Å². The Morgan fingerprint density at radius 3 is 2.46 bits per heavy atom. The number of carbonyl (C=O) groups is 2. The van der Waals surface area contributed by atoms with Crippen molar-refractivity contribution in [1.29, 1.82) is 0 Å². The van der Waals surface area contributed by atoms with Gasteiger partial charge in [-0.3, -0.25) is 0 Å². The second-order valence-electron chi connectivity index (χ2n) is 5.27. The van der Waals surface area contributed by atoms with E-state index < -0.39 is 11.9 Å². The van der Waals surface area contributed by atoms with Crippen molar-refractivity contribution < 1.29 is 33.0 Å². The Morgan fingerprint density at radius 1 is 1.08 bits per heavy atom. The van der Waals surface area contributed by atoms with E-state index in [1.165, 1.54) is 20.3 Å².